The molecule has 0 aliphatic heterocycles. The van der Waals surface area contributed by atoms with Crippen LogP contribution >= 0.6 is 11.6 Å². The van der Waals surface area contributed by atoms with E-state index in [0.29, 0.717) is 51.9 Å². The fraction of sp³-hybridized carbons (Fsp3) is 0.129. The van der Waals surface area contributed by atoms with Gasteiger partial charge in [0.2, 0.25) is 5.91 Å². The molecule has 12 heteroatoms. The summed E-state index contributed by atoms with van der Waals surface area (Å²) in [5, 5.41) is 33.8. The lowest BCUT2D eigenvalue weighted by Crippen LogP contribution is -2.31. The van der Waals surface area contributed by atoms with E-state index in [9.17, 15) is 14.7 Å². The van der Waals surface area contributed by atoms with E-state index in [4.69, 9.17) is 11.6 Å². The van der Waals surface area contributed by atoms with Crippen LogP contribution in [0.25, 0.3) is 11.8 Å². The number of tetrazole rings is 1. The second kappa shape index (κ2) is 13.5. The van der Waals surface area contributed by atoms with Crippen LogP contribution in [-0.2, 0) is 17.6 Å². The van der Waals surface area contributed by atoms with Gasteiger partial charge in [0.05, 0.1) is 34.5 Å². The second-order valence-electron chi connectivity index (χ2n) is 9.45. The van der Waals surface area contributed by atoms with Crippen LogP contribution in [-0.4, -0.2) is 47.5 Å². The van der Waals surface area contributed by atoms with Crippen LogP contribution < -0.4 is 10.2 Å². The summed E-state index contributed by atoms with van der Waals surface area (Å²) < 4.78 is 1.47. The van der Waals surface area contributed by atoms with E-state index in [2.05, 4.69) is 31.0 Å². The molecule has 0 bridgehead atoms. The van der Waals surface area contributed by atoms with Gasteiger partial charge >= 0.3 is 6.09 Å². The summed E-state index contributed by atoms with van der Waals surface area (Å²) in [5.41, 5.74) is 3.99. The largest absolute Gasteiger partial charge is 0.464 e. The fourth-order valence-electron chi connectivity index (χ4n) is 4.57. The number of halogens is 1. The first-order valence-electron chi connectivity index (χ1n) is 13.4. The molecule has 0 spiro atoms. The van der Waals surface area contributed by atoms with Gasteiger partial charge in [0.25, 0.3) is 0 Å². The predicted molar refractivity (Wildman–Crippen MR) is 162 cm³/mol. The number of amides is 2. The molecule has 216 valence electrons. The molecule has 43 heavy (non-hydrogen) atoms. The smallest absolute Gasteiger partial charge is 0.416 e. The molecule has 0 aliphatic carbocycles. The molecule has 1 atom stereocenters. The van der Waals surface area contributed by atoms with Crippen molar-refractivity contribution >= 4 is 41.1 Å². The molecule has 3 aromatic carbocycles. The Hall–Kier alpha value is -5.42. The molecule has 2 N–H and O–H groups in total. The Morgan fingerprint density at radius 1 is 1.02 bits per heavy atom. The highest BCUT2D eigenvalue weighted by molar-refractivity contribution is 6.30. The van der Waals surface area contributed by atoms with Crippen molar-refractivity contribution in [2.75, 3.05) is 4.90 Å². The second-order valence-corrected chi connectivity index (χ2v) is 9.89. The number of rotatable bonds is 10. The maximum Gasteiger partial charge on any atom is 0.416 e. The zero-order valence-corrected chi connectivity index (χ0v) is 23.8. The number of hydrogen-bond donors (Lipinski definition) is 2. The molecular formula is C31H27ClN8O3. The highest BCUT2D eigenvalue weighted by Crippen LogP contribution is 2.30. The number of benzene rings is 3. The Morgan fingerprint density at radius 2 is 1.77 bits per heavy atom. The molecule has 5 aromatic rings. The van der Waals surface area contributed by atoms with Crippen LogP contribution in [0.2, 0.25) is 5.02 Å². The SMILES string of the molecule is CCc1nnc(C(Cc2ccccc2)NC(=O)C=Cc2cc(Cl)ccc2-n2cnnn2)cc1N(C(=O)O)c1ccccc1. The topological polar surface area (TPSA) is 139 Å². The van der Waals surface area contributed by atoms with Gasteiger partial charge in [-0.05, 0) is 71.3 Å². The number of nitrogens with zero attached hydrogens (tertiary/aromatic N) is 7. The Balaban J connectivity index is 1.49. The van der Waals surface area contributed by atoms with Crippen molar-refractivity contribution in [3.05, 3.63) is 125 Å². The molecule has 2 heterocycles. The van der Waals surface area contributed by atoms with Gasteiger partial charge in [-0.25, -0.2) is 9.69 Å². The summed E-state index contributed by atoms with van der Waals surface area (Å²) in [7, 11) is 0. The number of carboxylic acid groups (broad SMARTS) is 1. The van der Waals surface area contributed by atoms with Crippen LogP contribution in [0, 0.1) is 0 Å². The molecule has 2 aromatic heterocycles. The third kappa shape index (κ3) is 7.08. The fourth-order valence-corrected chi connectivity index (χ4v) is 4.75. The number of hydrogen-bond acceptors (Lipinski definition) is 7. The van der Waals surface area contributed by atoms with Crippen LogP contribution in [0.3, 0.4) is 0 Å². The molecule has 5 rings (SSSR count). The number of nitrogens with one attached hydrogen (secondary N) is 1. The standard InChI is InChI=1S/C31H27ClN8O3/c1-2-25-29(40(31(42)43)24-11-7-4-8-12-24)19-27(36-35-25)26(17-21-9-5-3-6-10-21)34-30(41)16-13-22-18-23(32)14-15-28(22)39-20-33-37-38-39/h3-16,18-20,26H,2,17H2,1H3,(H,34,41)(H,42,43). The molecule has 2 amide bonds. The van der Waals surface area contributed by atoms with Gasteiger partial charge in [-0.2, -0.15) is 14.9 Å². The Labute approximate surface area is 252 Å². The summed E-state index contributed by atoms with van der Waals surface area (Å²) in [4.78, 5) is 26.9. The summed E-state index contributed by atoms with van der Waals surface area (Å²) in [6, 6.07) is 24.6. The average Bonchev–Trinajstić information content (AvgIpc) is 3.56. The van der Waals surface area contributed by atoms with Crippen molar-refractivity contribution in [2.45, 2.75) is 25.8 Å². The summed E-state index contributed by atoms with van der Waals surface area (Å²) >= 11 is 6.22. The summed E-state index contributed by atoms with van der Waals surface area (Å²) in [6.07, 6.45) is 4.15. The quantitative estimate of drug-likeness (QED) is 0.199. The number of carbonyl (C=O) groups excluding carboxylic acids is 1. The van der Waals surface area contributed by atoms with Crippen molar-refractivity contribution in [1.29, 1.82) is 0 Å². The normalized spacial score (nSPS) is 11.8. The van der Waals surface area contributed by atoms with E-state index in [1.54, 1.807) is 54.6 Å². The van der Waals surface area contributed by atoms with Gasteiger partial charge in [0.1, 0.15) is 6.33 Å². The average molecular weight is 595 g/mol. The van der Waals surface area contributed by atoms with Crippen LogP contribution in [0.1, 0.15) is 35.5 Å². The molecule has 1 unspecified atom stereocenters. The Morgan fingerprint density at radius 3 is 2.44 bits per heavy atom. The van der Waals surface area contributed by atoms with Crippen molar-refractivity contribution in [3.8, 4) is 5.69 Å². The zero-order chi connectivity index (χ0) is 30.2. The maximum atomic E-state index is 13.3. The monoisotopic (exact) mass is 594 g/mol. The van der Waals surface area contributed by atoms with E-state index in [1.165, 1.54) is 22.0 Å². The molecular weight excluding hydrogens is 568 g/mol. The molecule has 0 aliphatic rings. The minimum atomic E-state index is -1.16. The van der Waals surface area contributed by atoms with Crippen LogP contribution in [0.5, 0.6) is 0 Å². The van der Waals surface area contributed by atoms with Crippen molar-refractivity contribution in [1.82, 2.24) is 35.7 Å². The van der Waals surface area contributed by atoms with E-state index >= 15 is 0 Å². The van der Waals surface area contributed by atoms with E-state index in [-0.39, 0.29) is 0 Å². The highest BCUT2D eigenvalue weighted by Gasteiger charge is 2.24. The third-order valence-electron chi connectivity index (χ3n) is 6.60. The molecule has 11 nitrogen and oxygen atoms in total. The highest BCUT2D eigenvalue weighted by atomic mass is 35.5. The lowest BCUT2D eigenvalue weighted by Gasteiger charge is -2.24. The van der Waals surface area contributed by atoms with E-state index < -0.39 is 18.0 Å². The summed E-state index contributed by atoms with van der Waals surface area (Å²) in [5.74, 6) is -0.398. The minimum absolute atomic E-state index is 0.374. The number of anilines is 2. The first kappa shape index (κ1) is 29.1. The zero-order valence-electron chi connectivity index (χ0n) is 23.1. The predicted octanol–water partition coefficient (Wildman–Crippen LogP) is 5.60. The van der Waals surface area contributed by atoms with E-state index in [1.807, 2.05) is 43.3 Å². The van der Waals surface area contributed by atoms with Gasteiger partial charge in [-0.15, -0.1) is 5.10 Å². The molecule has 0 fully saturated rings. The molecule has 0 radical (unpaired) electrons. The molecule has 0 saturated carbocycles. The molecule has 0 saturated heterocycles. The first-order chi connectivity index (χ1) is 20.9. The lowest BCUT2D eigenvalue weighted by atomic mass is 10.0. The van der Waals surface area contributed by atoms with Gasteiger partial charge in [-0.3, -0.25) is 4.79 Å². The van der Waals surface area contributed by atoms with Gasteiger partial charge < -0.3 is 10.4 Å². The van der Waals surface area contributed by atoms with Gasteiger partial charge in [0.15, 0.2) is 0 Å². The Kier molecular flexibility index (Phi) is 9.13. The minimum Gasteiger partial charge on any atom is -0.464 e. The van der Waals surface area contributed by atoms with Crippen LogP contribution in [0.15, 0.2) is 97.3 Å². The third-order valence-corrected chi connectivity index (χ3v) is 6.84. The van der Waals surface area contributed by atoms with E-state index in [0.717, 1.165) is 5.56 Å². The number of carbonyl (C=O) groups is 2. The lowest BCUT2D eigenvalue weighted by molar-refractivity contribution is -0.117. The number of aryl methyl sites for hydroxylation is 1. The Bertz CT molecular complexity index is 1730. The maximum absolute atomic E-state index is 13.3. The van der Waals surface area contributed by atoms with Crippen molar-refractivity contribution < 1.29 is 14.7 Å². The summed E-state index contributed by atoms with van der Waals surface area (Å²) in [6.45, 7) is 1.88. The number of aromatic nitrogens is 6. The van der Waals surface area contributed by atoms with Crippen molar-refractivity contribution in [2.24, 2.45) is 0 Å². The number of para-hydroxylation sites is 1. The van der Waals surface area contributed by atoms with Gasteiger partial charge in [-0.1, -0.05) is 67.1 Å². The first-order valence-corrected chi connectivity index (χ1v) is 13.8. The van der Waals surface area contributed by atoms with Crippen LogP contribution in [0.4, 0.5) is 16.2 Å². The van der Waals surface area contributed by atoms with Crippen molar-refractivity contribution in [3.63, 3.8) is 0 Å². The van der Waals surface area contributed by atoms with Gasteiger partial charge in [0, 0.05) is 16.7 Å².